The molecular formula is C26H20ClIN2O5. The summed E-state index contributed by atoms with van der Waals surface area (Å²) in [6.07, 6.45) is 0. The van der Waals surface area contributed by atoms with E-state index in [-0.39, 0.29) is 12.7 Å². The Morgan fingerprint density at radius 3 is 2.54 bits per heavy atom. The summed E-state index contributed by atoms with van der Waals surface area (Å²) in [6, 6.07) is 17.1. The van der Waals surface area contributed by atoms with Crippen molar-refractivity contribution < 1.29 is 23.7 Å². The van der Waals surface area contributed by atoms with Gasteiger partial charge in [-0.25, -0.2) is 0 Å². The van der Waals surface area contributed by atoms with Gasteiger partial charge in [0.2, 0.25) is 12.7 Å². The second-order valence-corrected chi connectivity index (χ2v) is 9.44. The van der Waals surface area contributed by atoms with E-state index in [0.717, 1.165) is 20.3 Å². The second kappa shape index (κ2) is 9.76. The molecule has 35 heavy (non-hydrogen) atoms. The van der Waals surface area contributed by atoms with Gasteiger partial charge in [0, 0.05) is 16.7 Å². The number of benzene rings is 3. The summed E-state index contributed by atoms with van der Waals surface area (Å²) in [4.78, 5) is 0. The van der Waals surface area contributed by atoms with E-state index < -0.39 is 5.92 Å². The molecule has 0 fully saturated rings. The normalized spacial score (nSPS) is 15.8. The Morgan fingerprint density at radius 1 is 1.09 bits per heavy atom. The topological polar surface area (TPSA) is 96.0 Å². The van der Waals surface area contributed by atoms with Crippen LogP contribution in [0.4, 0.5) is 0 Å². The number of rotatable bonds is 6. The first kappa shape index (κ1) is 23.5. The third-order valence-electron chi connectivity index (χ3n) is 5.67. The Bertz CT molecular complexity index is 1370. The zero-order valence-corrected chi connectivity index (χ0v) is 21.6. The fraction of sp³-hybridized carbons (Fsp3) is 0.192. The van der Waals surface area contributed by atoms with Crippen molar-refractivity contribution in [2.24, 2.45) is 5.73 Å². The Balaban J connectivity index is 1.56. The number of hydrogen-bond donors (Lipinski definition) is 1. The Morgan fingerprint density at radius 2 is 1.83 bits per heavy atom. The Kier molecular flexibility index (Phi) is 6.54. The molecule has 0 aromatic heterocycles. The van der Waals surface area contributed by atoms with Crippen molar-refractivity contribution in [1.29, 1.82) is 5.26 Å². The van der Waals surface area contributed by atoms with E-state index in [9.17, 15) is 5.26 Å². The van der Waals surface area contributed by atoms with Crippen molar-refractivity contribution in [2.75, 3.05) is 13.4 Å². The van der Waals surface area contributed by atoms with Crippen LogP contribution in [-0.4, -0.2) is 13.4 Å². The standard InChI is InChI=1S/C26H20ClIN2O5/c1-2-31-23-8-15(7-19(28)25(23)32-12-14-3-5-16(27)6-4-14)24-17-9-21-22(34-13-33-21)10-20(17)35-26(30)18(24)11-29/h3-10,24H,2,12-13,30H2,1H3/t24-/m0/s1. The number of ether oxygens (including phenoxy) is 5. The van der Waals surface area contributed by atoms with E-state index in [1.54, 1.807) is 6.07 Å². The largest absolute Gasteiger partial charge is 0.490 e. The van der Waals surface area contributed by atoms with Crippen LogP contribution >= 0.6 is 34.2 Å². The maximum atomic E-state index is 9.95. The van der Waals surface area contributed by atoms with E-state index in [1.165, 1.54) is 0 Å². The predicted octanol–water partition coefficient (Wildman–Crippen LogP) is 5.87. The molecule has 3 aromatic carbocycles. The molecule has 0 amide bonds. The third kappa shape index (κ3) is 4.54. The first-order valence-corrected chi connectivity index (χ1v) is 12.3. The Hall–Kier alpha value is -3.29. The molecule has 1 atom stereocenters. The molecule has 0 saturated heterocycles. The smallest absolute Gasteiger partial charge is 0.231 e. The number of nitrogens with two attached hydrogens (primary N) is 1. The van der Waals surface area contributed by atoms with Crippen LogP contribution in [0.25, 0.3) is 0 Å². The first-order valence-electron chi connectivity index (χ1n) is 10.8. The zero-order chi connectivity index (χ0) is 24.5. The van der Waals surface area contributed by atoms with Gasteiger partial charge < -0.3 is 29.4 Å². The molecule has 7 nitrogen and oxygen atoms in total. The molecule has 2 aliphatic rings. The monoisotopic (exact) mass is 602 g/mol. The zero-order valence-electron chi connectivity index (χ0n) is 18.6. The van der Waals surface area contributed by atoms with Gasteiger partial charge in [0.1, 0.15) is 24.0 Å². The van der Waals surface area contributed by atoms with Gasteiger partial charge in [-0.1, -0.05) is 23.7 Å². The van der Waals surface area contributed by atoms with E-state index in [2.05, 4.69) is 28.7 Å². The highest BCUT2D eigenvalue weighted by atomic mass is 127. The lowest BCUT2D eigenvalue weighted by atomic mass is 9.83. The van der Waals surface area contributed by atoms with Gasteiger partial charge in [0.05, 0.1) is 16.1 Å². The van der Waals surface area contributed by atoms with Crippen molar-refractivity contribution in [1.82, 2.24) is 0 Å². The third-order valence-corrected chi connectivity index (χ3v) is 6.73. The lowest BCUT2D eigenvalue weighted by Gasteiger charge is -2.27. The number of nitrogens with zero attached hydrogens (tertiary/aromatic N) is 1. The van der Waals surface area contributed by atoms with Crippen LogP contribution in [0.15, 0.2) is 60.0 Å². The van der Waals surface area contributed by atoms with Crippen molar-refractivity contribution >= 4 is 34.2 Å². The molecule has 0 spiro atoms. The maximum absolute atomic E-state index is 9.95. The second-order valence-electron chi connectivity index (χ2n) is 7.85. The van der Waals surface area contributed by atoms with Crippen LogP contribution in [0, 0.1) is 14.9 Å². The van der Waals surface area contributed by atoms with Crippen molar-refractivity contribution in [3.05, 3.63) is 85.3 Å². The molecule has 3 aromatic rings. The highest BCUT2D eigenvalue weighted by Crippen LogP contribution is 2.49. The molecule has 0 radical (unpaired) electrons. The summed E-state index contributed by atoms with van der Waals surface area (Å²) in [6.45, 7) is 2.84. The number of fused-ring (bicyclic) bond motifs is 2. The van der Waals surface area contributed by atoms with Crippen molar-refractivity contribution in [3.63, 3.8) is 0 Å². The average molecular weight is 603 g/mol. The highest BCUT2D eigenvalue weighted by molar-refractivity contribution is 14.1. The van der Waals surface area contributed by atoms with Crippen LogP contribution in [0.2, 0.25) is 5.02 Å². The summed E-state index contributed by atoms with van der Waals surface area (Å²) < 4.78 is 29.8. The van der Waals surface area contributed by atoms with E-state index in [1.807, 2.05) is 49.4 Å². The molecule has 2 aliphatic heterocycles. The van der Waals surface area contributed by atoms with Crippen LogP contribution in [0.5, 0.6) is 28.7 Å². The molecule has 2 heterocycles. The summed E-state index contributed by atoms with van der Waals surface area (Å²) in [7, 11) is 0. The van der Waals surface area contributed by atoms with Gasteiger partial charge in [-0.2, -0.15) is 5.26 Å². The first-order chi connectivity index (χ1) is 17.0. The van der Waals surface area contributed by atoms with E-state index >= 15 is 0 Å². The molecule has 5 rings (SSSR count). The molecule has 0 saturated carbocycles. The number of halogens is 2. The van der Waals surface area contributed by atoms with Gasteiger partial charge in [-0.15, -0.1) is 0 Å². The van der Waals surface area contributed by atoms with Crippen molar-refractivity contribution in [2.45, 2.75) is 19.4 Å². The summed E-state index contributed by atoms with van der Waals surface area (Å²) in [5.41, 5.74) is 9.03. The minimum atomic E-state index is -0.476. The van der Waals surface area contributed by atoms with Gasteiger partial charge >= 0.3 is 0 Å². The van der Waals surface area contributed by atoms with Crippen LogP contribution in [-0.2, 0) is 6.61 Å². The van der Waals surface area contributed by atoms with Crippen LogP contribution in [0.1, 0.15) is 29.5 Å². The van der Waals surface area contributed by atoms with Gasteiger partial charge in [-0.3, -0.25) is 0 Å². The summed E-state index contributed by atoms with van der Waals surface area (Å²) >= 11 is 8.21. The van der Waals surface area contributed by atoms with Gasteiger partial charge in [0.25, 0.3) is 0 Å². The number of hydrogen-bond acceptors (Lipinski definition) is 7. The lowest BCUT2D eigenvalue weighted by Crippen LogP contribution is -2.21. The molecule has 178 valence electrons. The van der Waals surface area contributed by atoms with E-state index in [0.29, 0.717) is 52.6 Å². The van der Waals surface area contributed by atoms with Crippen LogP contribution in [0.3, 0.4) is 0 Å². The fourth-order valence-electron chi connectivity index (χ4n) is 4.08. The van der Waals surface area contributed by atoms with Gasteiger partial charge in [-0.05, 0) is 71.0 Å². The molecule has 2 N–H and O–H groups in total. The Labute approximate surface area is 221 Å². The summed E-state index contributed by atoms with van der Waals surface area (Å²) in [5.74, 6) is 2.47. The molecular weight excluding hydrogens is 583 g/mol. The average Bonchev–Trinajstić information content (AvgIpc) is 3.30. The van der Waals surface area contributed by atoms with Crippen LogP contribution < -0.4 is 29.4 Å². The lowest BCUT2D eigenvalue weighted by molar-refractivity contribution is 0.174. The molecule has 9 heteroatoms. The molecule has 0 aliphatic carbocycles. The predicted molar refractivity (Wildman–Crippen MR) is 138 cm³/mol. The SMILES string of the molecule is CCOc1cc([C@@H]2C(C#N)=C(N)Oc3cc4c(cc32)OCO4)cc(I)c1OCc1ccc(Cl)cc1. The number of nitriles is 1. The molecule has 0 bridgehead atoms. The highest BCUT2D eigenvalue weighted by Gasteiger charge is 2.34. The van der Waals surface area contributed by atoms with Gasteiger partial charge in [0.15, 0.2) is 23.0 Å². The molecule has 0 unspecified atom stereocenters. The van der Waals surface area contributed by atoms with Crippen molar-refractivity contribution in [3.8, 4) is 34.8 Å². The minimum absolute atomic E-state index is 0.0555. The minimum Gasteiger partial charge on any atom is -0.490 e. The van der Waals surface area contributed by atoms with E-state index in [4.69, 9.17) is 41.0 Å². The quantitative estimate of drug-likeness (QED) is 0.353. The fourth-order valence-corrected chi connectivity index (χ4v) is 4.99. The maximum Gasteiger partial charge on any atom is 0.231 e. The summed E-state index contributed by atoms with van der Waals surface area (Å²) in [5, 5.41) is 10.6. The number of allylic oxidation sites excluding steroid dienone is 1.